The van der Waals surface area contributed by atoms with E-state index in [9.17, 15) is 4.79 Å². The Kier molecular flexibility index (Phi) is 4.45. The Morgan fingerprint density at radius 3 is 2.96 bits per heavy atom. The molecule has 0 spiro atoms. The van der Waals surface area contributed by atoms with Crippen molar-refractivity contribution in [3.05, 3.63) is 51.1 Å². The number of nitrogens with one attached hydrogen (secondary N) is 2. The molecule has 2 N–H and O–H groups in total. The van der Waals surface area contributed by atoms with Crippen molar-refractivity contribution in [2.45, 2.75) is 37.6 Å². The molecular weight excluding hydrogens is 398 g/mol. The number of thioether (sulfide) groups is 1. The summed E-state index contributed by atoms with van der Waals surface area (Å²) in [4.78, 5) is 14.5. The van der Waals surface area contributed by atoms with E-state index in [0.717, 1.165) is 47.2 Å². The Bertz CT molecular complexity index is 1040. The summed E-state index contributed by atoms with van der Waals surface area (Å²) in [6.45, 7) is 0.382. The Hall–Kier alpha value is -1.84. The van der Waals surface area contributed by atoms with Crippen LogP contribution in [0.5, 0.6) is 0 Å². The predicted octanol–water partition coefficient (Wildman–Crippen LogP) is 3.85. The summed E-state index contributed by atoms with van der Waals surface area (Å²) in [5.41, 5.74) is 2.03. The summed E-state index contributed by atoms with van der Waals surface area (Å²) in [6, 6.07) is 4.41. The Morgan fingerprint density at radius 1 is 1.37 bits per heavy atom. The third-order valence-corrected chi connectivity index (χ3v) is 7.67. The highest BCUT2D eigenvalue weighted by molar-refractivity contribution is 7.98. The van der Waals surface area contributed by atoms with E-state index in [-0.39, 0.29) is 5.91 Å². The number of carbonyl (C=O) groups excluding carboxylic acids is 1. The summed E-state index contributed by atoms with van der Waals surface area (Å²) in [5, 5.41) is 11.3. The number of hydrogen-bond donors (Lipinski definition) is 2. The first-order valence-corrected chi connectivity index (χ1v) is 11.4. The zero-order chi connectivity index (χ0) is 18.4. The molecule has 6 nitrogen and oxygen atoms in total. The molecule has 0 saturated heterocycles. The second kappa shape index (κ2) is 6.96. The van der Waals surface area contributed by atoms with Crippen LogP contribution in [0.2, 0.25) is 0 Å². The van der Waals surface area contributed by atoms with Crippen LogP contribution in [0.3, 0.4) is 0 Å². The molecule has 9 heteroatoms. The predicted molar refractivity (Wildman–Crippen MR) is 110 cm³/mol. The molecule has 0 radical (unpaired) electrons. The first-order valence-electron chi connectivity index (χ1n) is 9.02. The summed E-state index contributed by atoms with van der Waals surface area (Å²) >= 11 is 9.00. The number of amides is 1. The molecule has 3 aromatic rings. The molecule has 0 unspecified atom stereocenters. The molecule has 1 saturated carbocycles. The highest BCUT2D eigenvalue weighted by atomic mass is 32.2. The first-order chi connectivity index (χ1) is 13.2. The molecule has 1 aliphatic carbocycles. The number of hydrogen-bond acceptors (Lipinski definition) is 5. The van der Waals surface area contributed by atoms with Gasteiger partial charge in [0, 0.05) is 29.1 Å². The van der Waals surface area contributed by atoms with Gasteiger partial charge in [-0.05, 0) is 54.9 Å². The van der Waals surface area contributed by atoms with Crippen LogP contribution in [0.1, 0.15) is 45.5 Å². The fourth-order valence-corrected chi connectivity index (χ4v) is 6.27. The van der Waals surface area contributed by atoms with Crippen LogP contribution in [0.15, 0.2) is 24.5 Å². The normalized spacial score (nSPS) is 16.3. The number of aromatic amines is 1. The maximum Gasteiger partial charge on any atom is 0.254 e. The van der Waals surface area contributed by atoms with Crippen molar-refractivity contribution in [3.63, 3.8) is 0 Å². The van der Waals surface area contributed by atoms with Gasteiger partial charge in [-0.25, -0.2) is 0 Å². The molecule has 0 bridgehead atoms. The molecule has 5 rings (SSSR count). The van der Waals surface area contributed by atoms with Gasteiger partial charge in [-0.2, -0.15) is 16.9 Å². The molecule has 140 valence electrons. The van der Waals surface area contributed by atoms with E-state index >= 15 is 0 Å². The van der Waals surface area contributed by atoms with E-state index in [4.69, 9.17) is 12.2 Å². The molecule has 0 atom stereocenters. The van der Waals surface area contributed by atoms with Gasteiger partial charge in [0.2, 0.25) is 0 Å². The lowest BCUT2D eigenvalue weighted by Crippen LogP contribution is -2.26. The lowest BCUT2D eigenvalue weighted by Gasteiger charge is -2.13. The Labute approximate surface area is 170 Å². The summed E-state index contributed by atoms with van der Waals surface area (Å²) < 4.78 is 4.73. The minimum Gasteiger partial charge on any atom is -0.345 e. The standard InChI is InChI=1S/C18H19N5OS3/c24-16(19-9-14-20-21-18(25)23(14)11-3-4-11)15-12-5-8-26-10-13(12)27-17(15)22-6-1-2-7-22/h1-2,6-7,11H,3-5,8-10H2,(H,19,24)(H,21,25). The van der Waals surface area contributed by atoms with E-state index in [1.807, 2.05) is 45.4 Å². The molecule has 3 aromatic heterocycles. The van der Waals surface area contributed by atoms with Crippen LogP contribution < -0.4 is 5.32 Å². The molecule has 1 amide bonds. The van der Waals surface area contributed by atoms with Crippen molar-refractivity contribution in [1.29, 1.82) is 0 Å². The lowest BCUT2D eigenvalue weighted by molar-refractivity contribution is 0.0949. The lowest BCUT2D eigenvalue weighted by atomic mass is 10.1. The maximum atomic E-state index is 13.2. The van der Waals surface area contributed by atoms with Crippen LogP contribution in [0, 0.1) is 4.77 Å². The monoisotopic (exact) mass is 417 g/mol. The van der Waals surface area contributed by atoms with E-state index in [0.29, 0.717) is 17.4 Å². The quantitative estimate of drug-likeness (QED) is 0.619. The number of aromatic nitrogens is 4. The molecular formula is C18H19N5OS3. The van der Waals surface area contributed by atoms with Gasteiger partial charge >= 0.3 is 0 Å². The van der Waals surface area contributed by atoms with Crippen LogP contribution in [0.25, 0.3) is 5.00 Å². The Morgan fingerprint density at radius 2 is 2.19 bits per heavy atom. The summed E-state index contributed by atoms with van der Waals surface area (Å²) in [7, 11) is 0. The van der Waals surface area contributed by atoms with Gasteiger partial charge in [0.25, 0.3) is 5.91 Å². The van der Waals surface area contributed by atoms with E-state index in [2.05, 4.69) is 15.5 Å². The molecule has 27 heavy (non-hydrogen) atoms. The summed E-state index contributed by atoms with van der Waals surface area (Å²) in [6.07, 6.45) is 7.20. The topological polar surface area (TPSA) is 67.6 Å². The number of thiophene rings is 1. The third-order valence-electron chi connectivity index (χ3n) is 4.96. The average molecular weight is 418 g/mol. The van der Waals surface area contributed by atoms with Gasteiger partial charge in [-0.15, -0.1) is 11.3 Å². The first kappa shape index (κ1) is 17.3. The van der Waals surface area contributed by atoms with Crippen LogP contribution in [-0.4, -0.2) is 31.0 Å². The van der Waals surface area contributed by atoms with Crippen LogP contribution in [0.4, 0.5) is 0 Å². The SMILES string of the molecule is O=C(NCc1n[nH]c(=S)n1C1CC1)c1c(-n2cccc2)sc2c1CCSC2. The van der Waals surface area contributed by atoms with Crippen LogP contribution >= 0.6 is 35.3 Å². The smallest absolute Gasteiger partial charge is 0.254 e. The molecule has 1 aliphatic heterocycles. The average Bonchev–Trinajstić information content (AvgIpc) is 3.10. The number of H-pyrrole nitrogens is 1. The van der Waals surface area contributed by atoms with Crippen molar-refractivity contribution < 1.29 is 4.79 Å². The van der Waals surface area contributed by atoms with E-state index in [1.165, 1.54) is 10.4 Å². The van der Waals surface area contributed by atoms with Crippen molar-refractivity contribution in [3.8, 4) is 5.00 Å². The zero-order valence-corrected chi connectivity index (χ0v) is 17.1. The maximum absolute atomic E-state index is 13.2. The molecule has 0 aromatic carbocycles. The van der Waals surface area contributed by atoms with Gasteiger partial charge in [0.15, 0.2) is 10.6 Å². The van der Waals surface area contributed by atoms with Gasteiger partial charge in [0.1, 0.15) is 5.00 Å². The van der Waals surface area contributed by atoms with Crippen molar-refractivity contribution in [2.24, 2.45) is 0 Å². The number of nitrogens with zero attached hydrogens (tertiary/aromatic N) is 3. The van der Waals surface area contributed by atoms with Crippen molar-refractivity contribution >= 4 is 41.2 Å². The fraction of sp³-hybridized carbons (Fsp3) is 0.389. The molecule has 2 aliphatic rings. The number of fused-ring (bicyclic) bond motifs is 1. The minimum absolute atomic E-state index is 0.0284. The van der Waals surface area contributed by atoms with E-state index in [1.54, 1.807) is 11.3 Å². The van der Waals surface area contributed by atoms with E-state index < -0.39 is 0 Å². The van der Waals surface area contributed by atoms with Gasteiger partial charge < -0.3 is 9.88 Å². The Balaban J connectivity index is 1.45. The second-order valence-electron chi connectivity index (χ2n) is 6.81. The van der Waals surface area contributed by atoms with Crippen molar-refractivity contribution in [2.75, 3.05) is 5.75 Å². The van der Waals surface area contributed by atoms with Gasteiger partial charge in [-0.3, -0.25) is 14.5 Å². The van der Waals surface area contributed by atoms with Gasteiger partial charge in [-0.1, -0.05) is 0 Å². The highest BCUT2D eigenvalue weighted by Gasteiger charge is 2.29. The zero-order valence-electron chi connectivity index (χ0n) is 14.6. The minimum atomic E-state index is -0.0284. The highest BCUT2D eigenvalue weighted by Crippen LogP contribution is 2.38. The molecule has 1 fully saturated rings. The summed E-state index contributed by atoms with van der Waals surface area (Å²) in [5.74, 6) is 2.83. The third kappa shape index (κ3) is 3.17. The van der Waals surface area contributed by atoms with Crippen molar-refractivity contribution in [1.82, 2.24) is 24.6 Å². The largest absolute Gasteiger partial charge is 0.345 e. The van der Waals surface area contributed by atoms with Crippen LogP contribution in [-0.2, 0) is 18.7 Å². The molecule has 4 heterocycles. The number of carbonyl (C=O) groups is 1. The second-order valence-corrected chi connectivity index (χ2v) is 9.38. The fourth-order valence-electron chi connectivity index (χ4n) is 3.52. The van der Waals surface area contributed by atoms with Gasteiger partial charge in [0.05, 0.1) is 12.1 Å². The number of rotatable bonds is 5.